The van der Waals surface area contributed by atoms with Crippen LogP contribution in [0.1, 0.15) is 66.2 Å². The molecule has 3 fully saturated rings. The molecule has 4 aliphatic carbocycles. The maximum atomic E-state index is 17.6. The summed E-state index contributed by atoms with van der Waals surface area (Å²) in [6.07, 6.45) is 6.88. The summed E-state index contributed by atoms with van der Waals surface area (Å²) < 4.78 is 23.7. The van der Waals surface area contributed by atoms with Crippen LogP contribution in [0.3, 0.4) is 0 Å². The fourth-order valence-electron chi connectivity index (χ4n) is 8.58. The van der Waals surface area contributed by atoms with Crippen LogP contribution in [0.5, 0.6) is 0 Å². The van der Waals surface area contributed by atoms with Gasteiger partial charge in [0.25, 0.3) is 0 Å². The van der Waals surface area contributed by atoms with Crippen molar-refractivity contribution in [2.75, 3.05) is 17.8 Å². The summed E-state index contributed by atoms with van der Waals surface area (Å²) in [7, 11) is 0. The minimum Gasteiger partial charge on any atom is -0.450 e. The summed E-state index contributed by atoms with van der Waals surface area (Å²) in [6, 6.07) is -0.754. The normalized spacial score (nSPS) is 39.3. The number of ether oxygens (including phenoxy) is 1. The zero-order valence-corrected chi connectivity index (χ0v) is 26.6. The van der Waals surface area contributed by atoms with Crippen LogP contribution in [-0.4, -0.2) is 75.3 Å². The number of carbonyl (C=O) groups is 5. The number of fused-ring (bicyclic) bond motifs is 5. The number of thioether (sulfide) groups is 2. The van der Waals surface area contributed by atoms with Gasteiger partial charge >= 0.3 is 5.97 Å². The van der Waals surface area contributed by atoms with Crippen molar-refractivity contribution >= 4 is 52.6 Å². The number of ketones is 2. The van der Waals surface area contributed by atoms with Crippen molar-refractivity contribution in [3.8, 4) is 0 Å². The van der Waals surface area contributed by atoms with E-state index >= 15 is 4.39 Å². The molecule has 11 heteroatoms. The van der Waals surface area contributed by atoms with Crippen LogP contribution in [0.4, 0.5) is 4.39 Å². The molecule has 8 nitrogen and oxygen atoms in total. The van der Waals surface area contributed by atoms with Crippen molar-refractivity contribution in [3.63, 3.8) is 0 Å². The van der Waals surface area contributed by atoms with Gasteiger partial charge in [-0.2, -0.15) is 11.8 Å². The van der Waals surface area contributed by atoms with Crippen LogP contribution in [0, 0.1) is 28.6 Å². The third kappa shape index (κ3) is 4.91. The molecule has 3 saturated carbocycles. The Morgan fingerprint density at radius 2 is 2.00 bits per heavy atom. The Morgan fingerprint density at radius 1 is 1.29 bits per heavy atom. The number of carbonyl (C=O) groups excluding carboxylic acids is 5. The molecule has 4 rings (SSSR count). The Morgan fingerprint density at radius 3 is 2.64 bits per heavy atom. The van der Waals surface area contributed by atoms with Gasteiger partial charge in [0.15, 0.2) is 22.8 Å². The summed E-state index contributed by atoms with van der Waals surface area (Å²) in [6.45, 7) is 7.01. The van der Waals surface area contributed by atoms with Gasteiger partial charge in [-0.3, -0.25) is 24.0 Å². The molecule has 0 heterocycles. The summed E-state index contributed by atoms with van der Waals surface area (Å²) in [5.74, 6) is -2.39. The van der Waals surface area contributed by atoms with Crippen molar-refractivity contribution in [1.82, 2.24) is 5.32 Å². The lowest BCUT2D eigenvalue weighted by molar-refractivity contribution is -0.226. The Labute approximate surface area is 255 Å². The lowest BCUT2D eigenvalue weighted by atomic mass is 9.44. The largest absolute Gasteiger partial charge is 0.450 e. The van der Waals surface area contributed by atoms with E-state index in [1.54, 1.807) is 19.9 Å². The standard InChI is InChI=1S/C31H42FNO7S2/c1-6-26(38)40-31(25(37)16-42-27(39)23(33-17-34)10-12-41-5)18(2)13-22-21-8-7-19-14-20(35)9-11-28(19,3)30(21,32)24(36)15-29(22,31)4/h9,11,14,17-18,21-24,36H,6-8,10,12-13,15-16H2,1-5H3,(H,33,34)/t18?,21-,22-,23?,24?,28-,29-,30-,31-/m0/s1. The maximum Gasteiger partial charge on any atom is 0.306 e. The first-order chi connectivity index (χ1) is 19.8. The summed E-state index contributed by atoms with van der Waals surface area (Å²) in [4.78, 5) is 63.4. The topological polar surface area (TPSA) is 127 Å². The molecule has 3 unspecified atom stereocenters. The number of alkyl halides is 1. The highest BCUT2D eigenvalue weighted by Crippen LogP contribution is 2.71. The molecule has 0 bridgehead atoms. The fourth-order valence-corrected chi connectivity index (χ4v) is 9.93. The maximum absolute atomic E-state index is 17.6. The van der Waals surface area contributed by atoms with Crippen LogP contribution in [0.25, 0.3) is 0 Å². The van der Waals surface area contributed by atoms with E-state index in [0.717, 1.165) is 11.8 Å². The molecule has 0 radical (unpaired) electrons. The van der Waals surface area contributed by atoms with Crippen LogP contribution >= 0.6 is 23.5 Å². The highest BCUT2D eigenvalue weighted by atomic mass is 32.2. The first kappa shape index (κ1) is 32.9. The van der Waals surface area contributed by atoms with E-state index in [0.29, 0.717) is 43.4 Å². The minimum atomic E-state index is -2.08. The van der Waals surface area contributed by atoms with Gasteiger partial charge < -0.3 is 15.2 Å². The van der Waals surface area contributed by atoms with Crippen molar-refractivity contribution in [1.29, 1.82) is 0 Å². The molecule has 232 valence electrons. The van der Waals surface area contributed by atoms with E-state index in [-0.39, 0.29) is 29.5 Å². The number of allylic oxidation sites excluding steroid dienone is 4. The molecule has 0 aromatic heterocycles. The minimum absolute atomic E-state index is 0.0265. The quantitative estimate of drug-likeness (QED) is 0.260. The van der Waals surface area contributed by atoms with Crippen molar-refractivity contribution in [2.45, 2.75) is 89.6 Å². The number of esters is 1. The molecule has 0 aromatic rings. The zero-order chi connectivity index (χ0) is 31.1. The van der Waals surface area contributed by atoms with Gasteiger partial charge in [-0.25, -0.2) is 4.39 Å². The second kappa shape index (κ2) is 12.2. The smallest absolute Gasteiger partial charge is 0.306 e. The third-order valence-electron chi connectivity index (χ3n) is 10.7. The lowest BCUT2D eigenvalue weighted by Gasteiger charge is -2.62. The van der Waals surface area contributed by atoms with Crippen LogP contribution < -0.4 is 5.32 Å². The van der Waals surface area contributed by atoms with Gasteiger partial charge in [-0.05, 0) is 69.1 Å². The second-order valence-electron chi connectivity index (χ2n) is 12.6. The van der Waals surface area contributed by atoms with E-state index in [1.165, 1.54) is 23.9 Å². The second-order valence-corrected chi connectivity index (χ2v) is 14.6. The molecule has 0 saturated heterocycles. The molecule has 0 aromatic carbocycles. The van der Waals surface area contributed by atoms with E-state index in [9.17, 15) is 29.1 Å². The van der Waals surface area contributed by atoms with Crippen molar-refractivity contribution < 1.29 is 38.2 Å². The summed E-state index contributed by atoms with van der Waals surface area (Å²) in [5, 5.41) is 13.9. The van der Waals surface area contributed by atoms with E-state index in [1.807, 2.05) is 20.1 Å². The average molecular weight is 624 g/mol. The van der Waals surface area contributed by atoms with Gasteiger partial charge in [-0.1, -0.05) is 44.2 Å². The van der Waals surface area contributed by atoms with E-state index < -0.39 is 63.8 Å². The van der Waals surface area contributed by atoms with Crippen LogP contribution in [-0.2, 0) is 28.7 Å². The first-order valence-corrected chi connectivity index (χ1v) is 17.1. The molecular formula is C31H42FNO7S2. The van der Waals surface area contributed by atoms with Gasteiger partial charge in [0.1, 0.15) is 0 Å². The van der Waals surface area contributed by atoms with E-state index in [4.69, 9.17) is 4.74 Å². The molecule has 0 spiro atoms. The number of Topliss-reactive ketones (excluding diaryl/α,β-unsaturated/α-hetero) is 1. The Bertz CT molecular complexity index is 1210. The van der Waals surface area contributed by atoms with Crippen molar-refractivity contribution in [2.24, 2.45) is 28.6 Å². The Balaban J connectivity index is 1.70. The molecule has 9 atom stereocenters. The number of halogens is 1. The van der Waals surface area contributed by atoms with E-state index in [2.05, 4.69) is 5.32 Å². The zero-order valence-electron chi connectivity index (χ0n) is 24.9. The average Bonchev–Trinajstić information content (AvgIpc) is 3.16. The third-order valence-corrected chi connectivity index (χ3v) is 12.3. The molecule has 0 aliphatic heterocycles. The first-order valence-electron chi connectivity index (χ1n) is 14.7. The van der Waals surface area contributed by atoms with Crippen molar-refractivity contribution in [3.05, 3.63) is 23.8 Å². The molecule has 1 amide bonds. The lowest BCUT2D eigenvalue weighted by Crippen LogP contribution is -2.70. The predicted molar refractivity (Wildman–Crippen MR) is 160 cm³/mol. The number of hydrogen-bond donors (Lipinski definition) is 2. The van der Waals surface area contributed by atoms with Gasteiger partial charge in [0.2, 0.25) is 11.5 Å². The number of aliphatic hydroxyl groups excluding tert-OH is 1. The number of aliphatic hydroxyl groups is 1. The number of amides is 1. The summed E-state index contributed by atoms with van der Waals surface area (Å²) in [5.41, 5.74) is -5.35. The number of nitrogens with one attached hydrogen (secondary N) is 1. The Hall–Kier alpha value is -1.98. The highest BCUT2D eigenvalue weighted by molar-refractivity contribution is 8.14. The van der Waals surface area contributed by atoms with Crippen LogP contribution in [0.15, 0.2) is 23.8 Å². The number of rotatable bonds is 11. The monoisotopic (exact) mass is 623 g/mol. The van der Waals surface area contributed by atoms with Gasteiger partial charge in [0, 0.05) is 29.1 Å². The molecule has 42 heavy (non-hydrogen) atoms. The summed E-state index contributed by atoms with van der Waals surface area (Å²) >= 11 is 2.32. The molecule has 2 N–H and O–H groups in total. The van der Waals surface area contributed by atoms with Crippen LogP contribution in [0.2, 0.25) is 0 Å². The van der Waals surface area contributed by atoms with Gasteiger partial charge in [-0.15, -0.1) is 0 Å². The van der Waals surface area contributed by atoms with Gasteiger partial charge in [0.05, 0.1) is 17.9 Å². The molecular weight excluding hydrogens is 581 g/mol. The fraction of sp³-hybridized carbons (Fsp3) is 0.710. The number of hydrogen-bond acceptors (Lipinski definition) is 9. The molecule has 4 aliphatic rings. The SMILES string of the molecule is CCC(=O)O[C@]1(C(=O)CSC(=O)C(CCSC)NC=O)C(C)C[C@H]2[C@@H]3CCC4=CC(=O)C=C[C@]4(C)[C@@]3(F)C(O)C[C@@]21C. The predicted octanol–water partition coefficient (Wildman–Crippen LogP) is 3.99. The highest BCUT2D eigenvalue weighted by Gasteiger charge is 2.77. The Kier molecular flexibility index (Phi) is 9.56.